The number of aryl methyl sites for hydroxylation is 1. The Morgan fingerprint density at radius 2 is 1.55 bits per heavy atom. The van der Waals surface area contributed by atoms with Crippen LogP contribution in [0.1, 0.15) is 47.8 Å². The fourth-order valence-corrected chi connectivity index (χ4v) is 5.38. The van der Waals surface area contributed by atoms with Gasteiger partial charge < -0.3 is 10.2 Å². The third-order valence-corrected chi connectivity index (χ3v) is 7.15. The summed E-state index contributed by atoms with van der Waals surface area (Å²) < 4.78 is 0. The van der Waals surface area contributed by atoms with Gasteiger partial charge in [0.15, 0.2) is 0 Å². The number of amides is 3. The maximum atomic E-state index is 14.3. The topological polar surface area (TPSA) is 69.7 Å². The van der Waals surface area contributed by atoms with Gasteiger partial charge in [0.1, 0.15) is 12.6 Å². The van der Waals surface area contributed by atoms with Crippen LogP contribution in [0.3, 0.4) is 0 Å². The number of hydrogen-bond donors (Lipinski definition) is 1. The SMILES string of the molecule is Cc1cccc(CN(C(=O)CN2C(=O)c3cccc4cccc2c34)[C@@H](Cc2ccccc2)C(=O)NC(C)(C)C)c1. The van der Waals surface area contributed by atoms with Crippen molar-refractivity contribution in [2.24, 2.45) is 0 Å². The summed E-state index contributed by atoms with van der Waals surface area (Å²) in [5, 5.41) is 4.91. The van der Waals surface area contributed by atoms with Crippen molar-refractivity contribution < 1.29 is 14.4 Å². The highest BCUT2D eigenvalue weighted by Gasteiger charge is 2.36. The number of nitrogens with zero attached hydrogens (tertiary/aromatic N) is 2. The highest BCUT2D eigenvalue weighted by atomic mass is 16.2. The van der Waals surface area contributed by atoms with Gasteiger partial charge in [-0.1, -0.05) is 84.4 Å². The molecule has 1 aliphatic rings. The highest BCUT2D eigenvalue weighted by molar-refractivity contribution is 6.26. The van der Waals surface area contributed by atoms with Gasteiger partial charge in [0.25, 0.3) is 5.91 Å². The van der Waals surface area contributed by atoms with Crippen molar-refractivity contribution in [3.63, 3.8) is 0 Å². The van der Waals surface area contributed by atoms with Crippen LogP contribution >= 0.6 is 0 Å². The first kappa shape index (κ1) is 27.1. The molecule has 1 N–H and O–H groups in total. The molecule has 0 bridgehead atoms. The third-order valence-electron chi connectivity index (χ3n) is 7.15. The Hall–Kier alpha value is -4.45. The number of rotatable bonds is 8. The van der Waals surface area contributed by atoms with Gasteiger partial charge in [-0.15, -0.1) is 0 Å². The fraction of sp³-hybridized carbons (Fsp3) is 0.265. The maximum Gasteiger partial charge on any atom is 0.259 e. The van der Waals surface area contributed by atoms with E-state index < -0.39 is 11.6 Å². The number of nitrogens with one attached hydrogen (secondary N) is 1. The molecule has 6 nitrogen and oxygen atoms in total. The number of benzene rings is 4. The minimum Gasteiger partial charge on any atom is -0.350 e. The molecule has 5 rings (SSSR count). The summed E-state index contributed by atoms with van der Waals surface area (Å²) in [7, 11) is 0. The lowest BCUT2D eigenvalue weighted by Crippen LogP contribution is -2.56. The second kappa shape index (κ2) is 11.0. The Labute approximate surface area is 235 Å². The molecule has 0 aliphatic carbocycles. The molecule has 1 atom stereocenters. The van der Waals surface area contributed by atoms with Crippen molar-refractivity contribution in [1.29, 1.82) is 0 Å². The van der Waals surface area contributed by atoms with E-state index in [-0.39, 0.29) is 30.8 Å². The van der Waals surface area contributed by atoms with Gasteiger partial charge in [-0.3, -0.25) is 19.3 Å². The largest absolute Gasteiger partial charge is 0.350 e. The average molecular weight is 534 g/mol. The van der Waals surface area contributed by atoms with E-state index in [9.17, 15) is 14.4 Å². The Morgan fingerprint density at radius 1 is 0.875 bits per heavy atom. The molecular weight excluding hydrogens is 498 g/mol. The van der Waals surface area contributed by atoms with Crippen LogP contribution in [0.5, 0.6) is 0 Å². The Bertz CT molecular complexity index is 1570. The molecule has 0 unspecified atom stereocenters. The van der Waals surface area contributed by atoms with E-state index in [0.29, 0.717) is 12.0 Å². The van der Waals surface area contributed by atoms with Gasteiger partial charge in [-0.25, -0.2) is 0 Å². The summed E-state index contributed by atoms with van der Waals surface area (Å²) in [4.78, 5) is 44.8. The molecule has 1 aliphatic heterocycles. The molecule has 0 spiro atoms. The van der Waals surface area contributed by atoms with Crippen LogP contribution in [0.25, 0.3) is 10.8 Å². The molecule has 6 heteroatoms. The summed E-state index contributed by atoms with van der Waals surface area (Å²) in [5.74, 6) is -0.713. The number of hydrogen-bond acceptors (Lipinski definition) is 3. The van der Waals surface area contributed by atoms with Crippen LogP contribution in [0.4, 0.5) is 5.69 Å². The molecule has 204 valence electrons. The second-order valence-corrected chi connectivity index (χ2v) is 11.5. The van der Waals surface area contributed by atoms with Gasteiger partial charge in [0.05, 0.1) is 5.69 Å². The average Bonchev–Trinajstić information content (AvgIpc) is 3.18. The first-order chi connectivity index (χ1) is 19.1. The monoisotopic (exact) mass is 533 g/mol. The highest BCUT2D eigenvalue weighted by Crippen LogP contribution is 2.37. The van der Waals surface area contributed by atoms with Crippen molar-refractivity contribution in [1.82, 2.24) is 10.2 Å². The molecule has 0 aromatic heterocycles. The van der Waals surface area contributed by atoms with E-state index >= 15 is 0 Å². The summed E-state index contributed by atoms with van der Waals surface area (Å²) in [5.41, 5.74) is 3.78. The van der Waals surface area contributed by atoms with Crippen molar-refractivity contribution >= 4 is 34.2 Å². The van der Waals surface area contributed by atoms with Crippen LogP contribution in [0.15, 0.2) is 91.0 Å². The molecule has 4 aromatic rings. The molecule has 0 saturated carbocycles. The Balaban J connectivity index is 1.53. The molecule has 3 amide bonds. The lowest BCUT2D eigenvalue weighted by atomic mass is 10.0. The number of carbonyl (C=O) groups is 3. The zero-order chi connectivity index (χ0) is 28.4. The number of carbonyl (C=O) groups excluding carboxylic acids is 3. The van der Waals surface area contributed by atoms with Crippen LogP contribution in [-0.2, 0) is 22.6 Å². The Morgan fingerprint density at radius 3 is 2.25 bits per heavy atom. The van der Waals surface area contributed by atoms with Crippen molar-refractivity contribution in [2.45, 2.75) is 52.2 Å². The van der Waals surface area contributed by atoms with E-state index in [2.05, 4.69) is 5.32 Å². The minimum atomic E-state index is -0.773. The van der Waals surface area contributed by atoms with Gasteiger partial charge in [0, 0.05) is 29.5 Å². The molecule has 40 heavy (non-hydrogen) atoms. The van der Waals surface area contributed by atoms with Gasteiger partial charge in [-0.2, -0.15) is 0 Å². The van der Waals surface area contributed by atoms with Gasteiger partial charge in [0.2, 0.25) is 11.8 Å². The smallest absolute Gasteiger partial charge is 0.259 e. The van der Waals surface area contributed by atoms with E-state index in [1.807, 2.05) is 113 Å². The summed E-state index contributed by atoms with van der Waals surface area (Å²) in [6.07, 6.45) is 0.351. The molecule has 0 saturated heterocycles. The first-order valence-electron chi connectivity index (χ1n) is 13.7. The zero-order valence-corrected chi connectivity index (χ0v) is 23.5. The van der Waals surface area contributed by atoms with Crippen LogP contribution in [0, 0.1) is 6.92 Å². The lowest BCUT2D eigenvalue weighted by molar-refractivity contribution is -0.140. The predicted octanol–water partition coefficient (Wildman–Crippen LogP) is 5.66. The lowest BCUT2D eigenvalue weighted by Gasteiger charge is -2.35. The summed E-state index contributed by atoms with van der Waals surface area (Å²) in [6, 6.07) is 28.3. The Kier molecular flexibility index (Phi) is 7.44. The first-order valence-corrected chi connectivity index (χ1v) is 13.7. The van der Waals surface area contributed by atoms with Crippen LogP contribution in [0.2, 0.25) is 0 Å². The van der Waals surface area contributed by atoms with E-state index in [4.69, 9.17) is 0 Å². The maximum absolute atomic E-state index is 14.3. The summed E-state index contributed by atoms with van der Waals surface area (Å²) in [6.45, 7) is 7.87. The molecule has 1 heterocycles. The van der Waals surface area contributed by atoms with E-state index in [0.717, 1.165) is 33.2 Å². The van der Waals surface area contributed by atoms with Crippen molar-refractivity contribution in [2.75, 3.05) is 11.4 Å². The molecule has 0 radical (unpaired) electrons. The third kappa shape index (κ3) is 5.76. The number of anilines is 1. The minimum absolute atomic E-state index is 0.160. The second-order valence-electron chi connectivity index (χ2n) is 11.5. The van der Waals surface area contributed by atoms with Gasteiger partial charge in [-0.05, 0) is 56.3 Å². The molecular formula is C34H35N3O3. The fourth-order valence-electron chi connectivity index (χ4n) is 5.38. The van der Waals surface area contributed by atoms with Gasteiger partial charge >= 0.3 is 0 Å². The van der Waals surface area contributed by atoms with E-state index in [1.165, 1.54) is 0 Å². The van der Waals surface area contributed by atoms with Crippen molar-refractivity contribution in [3.8, 4) is 0 Å². The summed E-state index contributed by atoms with van der Waals surface area (Å²) >= 11 is 0. The van der Waals surface area contributed by atoms with Crippen LogP contribution in [-0.4, -0.2) is 40.7 Å². The molecule has 4 aromatic carbocycles. The normalized spacial score (nSPS) is 13.4. The van der Waals surface area contributed by atoms with Crippen LogP contribution < -0.4 is 10.2 Å². The van der Waals surface area contributed by atoms with E-state index in [1.54, 1.807) is 15.9 Å². The predicted molar refractivity (Wildman–Crippen MR) is 159 cm³/mol. The zero-order valence-electron chi connectivity index (χ0n) is 23.5. The molecule has 0 fully saturated rings. The quantitative estimate of drug-likeness (QED) is 0.318. The van der Waals surface area contributed by atoms with Crippen molar-refractivity contribution in [3.05, 3.63) is 113 Å². The standard InChI is InChI=1S/C34H35N3O3/c1-23-11-8-14-25(19-23)21-36(29(32(39)35-34(2,3)4)20-24-12-6-5-7-13-24)30(38)22-37-28-18-10-16-26-15-9-17-27(31(26)28)33(37)40/h5-19,29H,20-22H2,1-4H3,(H,35,39)/t29-/m0/s1.